The van der Waals surface area contributed by atoms with E-state index in [4.69, 9.17) is 0 Å². The van der Waals surface area contributed by atoms with Crippen LogP contribution in [0.15, 0.2) is 0 Å². The topological polar surface area (TPSA) is 0 Å². The molecule has 0 aromatic heterocycles. The van der Waals surface area contributed by atoms with Crippen LogP contribution in [0.3, 0.4) is 0 Å². The Hall–Kier alpha value is -0.0700. The molecular formula is C11H21F. The zero-order chi connectivity index (χ0) is 9.24. The van der Waals surface area contributed by atoms with Crippen molar-refractivity contribution in [2.24, 2.45) is 5.41 Å². The second kappa shape index (κ2) is 3.35. The third-order valence-electron chi connectivity index (χ3n) is 2.60. The number of rotatable bonds is 1. The summed E-state index contributed by atoms with van der Waals surface area (Å²) in [6.07, 6.45) is 5.74. The zero-order valence-electron chi connectivity index (χ0n) is 8.62. The largest absolute Gasteiger partial charge is 0.244 e. The summed E-state index contributed by atoms with van der Waals surface area (Å²) in [7, 11) is 0. The Labute approximate surface area is 75.5 Å². The van der Waals surface area contributed by atoms with E-state index in [1.807, 2.05) is 0 Å². The van der Waals surface area contributed by atoms with Crippen molar-refractivity contribution in [1.82, 2.24) is 0 Å². The van der Waals surface area contributed by atoms with Crippen LogP contribution in [-0.4, -0.2) is 5.67 Å². The van der Waals surface area contributed by atoms with E-state index in [1.165, 1.54) is 6.42 Å². The fraction of sp³-hybridized carbons (Fsp3) is 1.00. The molecule has 0 spiro atoms. The van der Waals surface area contributed by atoms with Crippen LogP contribution in [0.5, 0.6) is 0 Å². The summed E-state index contributed by atoms with van der Waals surface area (Å²) in [6.45, 7) is 6.38. The fourth-order valence-corrected chi connectivity index (χ4v) is 2.31. The van der Waals surface area contributed by atoms with Gasteiger partial charge in [-0.1, -0.05) is 40.0 Å². The quantitative estimate of drug-likeness (QED) is 0.558. The number of hydrogen-bond acceptors (Lipinski definition) is 0. The van der Waals surface area contributed by atoms with Gasteiger partial charge in [0.2, 0.25) is 0 Å². The van der Waals surface area contributed by atoms with E-state index in [1.54, 1.807) is 0 Å². The predicted octanol–water partition coefficient (Wildman–Crippen LogP) is 4.10. The highest BCUT2D eigenvalue weighted by Gasteiger charge is 2.35. The molecule has 0 aliphatic heterocycles. The van der Waals surface area contributed by atoms with E-state index in [9.17, 15) is 4.39 Å². The number of hydrogen-bond donors (Lipinski definition) is 0. The molecule has 1 fully saturated rings. The number of alkyl halides is 1. The Morgan fingerprint density at radius 1 is 1.08 bits per heavy atom. The molecule has 0 heterocycles. The maximum atomic E-state index is 14.1. The van der Waals surface area contributed by atoms with Crippen molar-refractivity contribution in [3.8, 4) is 0 Å². The first-order valence-electron chi connectivity index (χ1n) is 5.10. The van der Waals surface area contributed by atoms with Gasteiger partial charge in [0.05, 0.1) is 0 Å². The summed E-state index contributed by atoms with van der Waals surface area (Å²) in [5, 5.41) is 0. The third kappa shape index (κ3) is 3.12. The lowest BCUT2D eigenvalue weighted by atomic mass is 9.75. The molecule has 0 bridgehead atoms. The molecule has 12 heavy (non-hydrogen) atoms. The molecule has 1 heteroatoms. The van der Waals surface area contributed by atoms with Gasteiger partial charge in [0.25, 0.3) is 0 Å². The van der Waals surface area contributed by atoms with Crippen molar-refractivity contribution in [2.45, 2.75) is 65.0 Å². The van der Waals surface area contributed by atoms with E-state index in [2.05, 4.69) is 20.8 Å². The van der Waals surface area contributed by atoms with Crippen LogP contribution >= 0.6 is 0 Å². The smallest absolute Gasteiger partial charge is 0.111 e. The van der Waals surface area contributed by atoms with Gasteiger partial charge in [0.15, 0.2) is 0 Å². The highest BCUT2D eigenvalue weighted by molar-refractivity contribution is 4.86. The van der Waals surface area contributed by atoms with Gasteiger partial charge in [-0.2, -0.15) is 0 Å². The van der Waals surface area contributed by atoms with Crippen LogP contribution < -0.4 is 0 Å². The summed E-state index contributed by atoms with van der Waals surface area (Å²) >= 11 is 0. The van der Waals surface area contributed by atoms with Gasteiger partial charge in [-0.3, -0.25) is 0 Å². The summed E-state index contributed by atoms with van der Waals surface area (Å²) in [6, 6.07) is 0. The van der Waals surface area contributed by atoms with Crippen LogP contribution in [0.25, 0.3) is 0 Å². The Bertz CT molecular complexity index is 138. The molecular weight excluding hydrogens is 151 g/mol. The van der Waals surface area contributed by atoms with Gasteiger partial charge in [-0.05, 0) is 24.7 Å². The lowest BCUT2D eigenvalue weighted by Crippen LogP contribution is -2.31. The Balaban J connectivity index is 2.47. The van der Waals surface area contributed by atoms with Gasteiger partial charge in [-0.25, -0.2) is 4.39 Å². The first-order valence-corrected chi connectivity index (χ1v) is 5.10. The molecule has 0 aromatic rings. The molecule has 0 radical (unpaired) electrons. The van der Waals surface area contributed by atoms with Crippen molar-refractivity contribution >= 4 is 0 Å². The first-order chi connectivity index (χ1) is 5.41. The molecule has 1 saturated carbocycles. The summed E-state index contributed by atoms with van der Waals surface area (Å²) in [5.41, 5.74) is -0.692. The fourth-order valence-electron chi connectivity index (χ4n) is 2.31. The second-order valence-electron chi connectivity index (χ2n) is 5.45. The summed E-state index contributed by atoms with van der Waals surface area (Å²) < 4.78 is 14.1. The van der Waals surface area contributed by atoms with E-state index >= 15 is 0 Å². The highest BCUT2D eigenvalue weighted by atomic mass is 19.1. The average molecular weight is 172 g/mol. The van der Waals surface area contributed by atoms with Crippen LogP contribution in [0.1, 0.15) is 59.3 Å². The zero-order valence-corrected chi connectivity index (χ0v) is 8.62. The molecule has 0 amide bonds. The lowest BCUT2D eigenvalue weighted by molar-refractivity contribution is 0.0577. The third-order valence-corrected chi connectivity index (χ3v) is 2.60. The molecule has 1 rings (SSSR count). The Kier molecular flexibility index (Phi) is 2.80. The monoisotopic (exact) mass is 172 g/mol. The molecule has 0 atom stereocenters. The minimum Gasteiger partial charge on any atom is -0.244 e. The molecule has 0 aromatic carbocycles. The number of halogens is 1. The van der Waals surface area contributed by atoms with Crippen LogP contribution in [0.2, 0.25) is 0 Å². The lowest BCUT2D eigenvalue weighted by Gasteiger charge is -2.34. The predicted molar refractivity (Wildman–Crippen MR) is 51.0 cm³/mol. The van der Waals surface area contributed by atoms with E-state index < -0.39 is 5.67 Å². The van der Waals surface area contributed by atoms with Gasteiger partial charge in [-0.15, -0.1) is 0 Å². The Morgan fingerprint density at radius 2 is 1.58 bits per heavy atom. The molecule has 0 saturated heterocycles. The maximum absolute atomic E-state index is 14.1. The van der Waals surface area contributed by atoms with Crippen LogP contribution in [0, 0.1) is 5.41 Å². The molecule has 0 N–H and O–H groups in total. The Morgan fingerprint density at radius 3 is 2.00 bits per heavy atom. The molecule has 72 valence electrons. The minimum atomic E-state index is -0.837. The first kappa shape index (κ1) is 10.0. The van der Waals surface area contributed by atoms with Crippen LogP contribution in [-0.2, 0) is 0 Å². The van der Waals surface area contributed by atoms with Crippen molar-refractivity contribution in [1.29, 1.82) is 0 Å². The van der Waals surface area contributed by atoms with Crippen molar-refractivity contribution in [3.05, 3.63) is 0 Å². The van der Waals surface area contributed by atoms with Crippen molar-refractivity contribution in [3.63, 3.8) is 0 Å². The van der Waals surface area contributed by atoms with Crippen molar-refractivity contribution < 1.29 is 4.39 Å². The van der Waals surface area contributed by atoms with Gasteiger partial charge in [0.1, 0.15) is 5.67 Å². The standard InChI is InChI=1S/C11H21F/c1-10(2,3)9-11(12)7-5-4-6-8-11/h4-9H2,1-3H3. The molecule has 1 aliphatic carbocycles. The van der Waals surface area contributed by atoms with E-state index in [-0.39, 0.29) is 5.41 Å². The second-order valence-corrected chi connectivity index (χ2v) is 5.45. The molecule has 1 aliphatic rings. The minimum absolute atomic E-state index is 0.145. The van der Waals surface area contributed by atoms with Crippen molar-refractivity contribution in [2.75, 3.05) is 0 Å². The molecule has 0 unspecified atom stereocenters. The highest BCUT2D eigenvalue weighted by Crippen LogP contribution is 2.40. The summed E-state index contributed by atoms with van der Waals surface area (Å²) in [4.78, 5) is 0. The average Bonchev–Trinajstić information content (AvgIpc) is 1.83. The van der Waals surface area contributed by atoms with Gasteiger partial charge < -0.3 is 0 Å². The SMILES string of the molecule is CC(C)(C)CC1(F)CCCCC1. The summed E-state index contributed by atoms with van der Waals surface area (Å²) in [5.74, 6) is 0. The molecule has 0 nitrogen and oxygen atoms in total. The van der Waals surface area contributed by atoms with Gasteiger partial charge in [0, 0.05) is 0 Å². The van der Waals surface area contributed by atoms with Crippen LogP contribution in [0.4, 0.5) is 4.39 Å². The van der Waals surface area contributed by atoms with Gasteiger partial charge >= 0.3 is 0 Å². The normalized spacial score (nSPS) is 24.0. The van der Waals surface area contributed by atoms with E-state index in [0.29, 0.717) is 0 Å². The maximum Gasteiger partial charge on any atom is 0.111 e. The van der Waals surface area contributed by atoms with E-state index in [0.717, 1.165) is 32.1 Å².